The zero-order chi connectivity index (χ0) is 17.5. The summed E-state index contributed by atoms with van der Waals surface area (Å²) >= 11 is 0. The molecule has 1 aliphatic heterocycles. The first-order valence-corrected chi connectivity index (χ1v) is 9.74. The molecule has 2 amide bonds. The van der Waals surface area contributed by atoms with Crippen molar-refractivity contribution in [3.05, 3.63) is 24.0 Å². The van der Waals surface area contributed by atoms with Crippen molar-refractivity contribution in [2.75, 3.05) is 30.9 Å². The van der Waals surface area contributed by atoms with Gasteiger partial charge in [0.05, 0.1) is 11.5 Å². The van der Waals surface area contributed by atoms with Crippen LogP contribution in [-0.2, 0) is 14.6 Å². The third-order valence-corrected chi connectivity index (χ3v) is 6.63. The summed E-state index contributed by atoms with van der Waals surface area (Å²) < 4.78 is 23.1. The van der Waals surface area contributed by atoms with E-state index >= 15 is 0 Å². The van der Waals surface area contributed by atoms with Crippen molar-refractivity contribution in [3.8, 4) is 0 Å². The van der Waals surface area contributed by atoms with E-state index in [1.54, 1.807) is 26.2 Å². The number of hydrogen-bond acceptors (Lipinski definition) is 5. The molecule has 1 aromatic heterocycles. The normalized spacial score (nSPS) is 23.5. The SMILES string of the molecule is CN(C)C(=O)c1cc(NC(=O)C2CC23CCS(=O)(=O)CC3)ccn1. The lowest BCUT2D eigenvalue weighted by atomic mass is 9.96. The average molecular weight is 351 g/mol. The van der Waals surface area contributed by atoms with Gasteiger partial charge in [0, 0.05) is 31.9 Å². The highest BCUT2D eigenvalue weighted by Gasteiger charge is 2.59. The first kappa shape index (κ1) is 16.9. The summed E-state index contributed by atoms with van der Waals surface area (Å²) in [5, 5.41) is 2.83. The maximum absolute atomic E-state index is 12.4. The van der Waals surface area contributed by atoms with E-state index in [4.69, 9.17) is 0 Å². The number of rotatable bonds is 3. The molecule has 8 heteroatoms. The van der Waals surface area contributed by atoms with Crippen LogP contribution in [-0.4, -0.2) is 55.7 Å². The molecule has 2 fully saturated rings. The Morgan fingerprint density at radius 2 is 1.96 bits per heavy atom. The van der Waals surface area contributed by atoms with E-state index in [-0.39, 0.29) is 40.3 Å². The molecule has 7 nitrogen and oxygen atoms in total. The summed E-state index contributed by atoms with van der Waals surface area (Å²) in [7, 11) is 0.351. The van der Waals surface area contributed by atoms with Gasteiger partial charge in [0.2, 0.25) is 5.91 Å². The molecule has 0 radical (unpaired) electrons. The molecule has 3 rings (SSSR count). The predicted molar refractivity (Wildman–Crippen MR) is 89.3 cm³/mol. The highest BCUT2D eigenvalue weighted by atomic mass is 32.2. The number of nitrogens with one attached hydrogen (secondary N) is 1. The van der Waals surface area contributed by atoms with Crippen molar-refractivity contribution in [1.29, 1.82) is 0 Å². The Hall–Kier alpha value is -1.96. The third-order valence-electron chi connectivity index (χ3n) is 4.98. The summed E-state index contributed by atoms with van der Waals surface area (Å²) in [5.41, 5.74) is 0.655. The molecule has 2 heterocycles. The monoisotopic (exact) mass is 351 g/mol. The van der Waals surface area contributed by atoms with Crippen molar-refractivity contribution in [2.24, 2.45) is 11.3 Å². The number of pyridine rings is 1. The average Bonchev–Trinajstić information content (AvgIpc) is 3.25. The summed E-state index contributed by atoms with van der Waals surface area (Å²) in [6.07, 6.45) is 3.35. The van der Waals surface area contributed by atoms with Gasteiger partial charge in [-0.25, -0.2) is 8.42 Å². The molecule has 24 heavy (non-hydrogen) atoms. The number of aromatic nitrogens is 1. The summed E-state index contributed by atoms with van der Waals surface area (Å²) in [4.78, 5) is 29.8. The molecule has 1 unspecified atom stereocenters. The number of hydrogen-bond donors (Lipinski definition) is 1. The highest BCUT2D eigenvalue weighted by Crippen LogP contribution is 2.60. The molecule has 2 aliphatic rings. The van der Waals surface area contributed by atoms with E-state index in [0.29, 0.717) is 18.5 Å². The summed E-state index contributed by atoms with van der Waals surface area (Å²) in [6, 6.07) is 3.20. The molecule has 1 aliphatic carbocycles. The number of sulfone groups is 1. The van der Waals surface area contributed by atoms with Gasteiger partial charge in [0.1, 0.15) is 15.5 Å². The molecule has 0 aromatic carbocycles. The Bertz CT molecular complexity index is 774. The molecule has 1 atom stereocenters. The van der Waals surface area contributed by atoms with Crippen LogP contribution < -0.4 is 5.32 Å². The van der Waals surface area contributed by atoms with Gasteiger partial charge in [-0.15, -0.1) is 0 Å². The van der Waals surface area contributed by atoms with Gasteiger partial charge in [0.25, 0.3) is 5.91 Å². The van der Waals surface area contributed by atoms with E-state index in [9.17, 15) is 18.0 Å². The van der Waals surface area contributed by atoms with Crippen LogP contribution in [0.2, 0.25) is 0 Å². The molecule has 0 bridgehead atoms. The van der Waals surface area contributed by atoms with Gasteiger partial charge in [-0.05, 0) is 36.8 Å². The number of anilines is 1. The van der Waals surface area contributed by atoms with Crippen LogP contribution in [0, 0.1) is 11.3 Å². The van der Waals surface area contributed by atoms with E-state index in [1.165, 1.54) is 11.1 Å². The number of carbonyl (C=O) groups excluding carboxylic acids is 2. The van der Waals surface area contributed by atoms with Crippen LogP contribution in [0.3, 0.4) is 0 Å². The van der Waals surface area contributed by atoms with Crippen molar-refractivity contribution < 1.29 is 18.0 Å². The molecule has 1 saturated heterocycles. The van der Waals surface area contributed by atoms with Gasteiger partial charge >= 0.3 is 0 Å². The van der Waals surface area contributed by atoms with Crippen LogP contribution in [0.1, 0.15) is 29.8 Å². The van der Waals surface area contributed by atoms with E-state index in [0.717, 1.165) is 6.42 Å². The smallest absolute Gasteiger partial charge is 0.272 e. The lowest BCUT2D eigenvalue weighted by Gasteiger charge is -2.22. The van der Waals surface area contributed by atoms with E-state index in [1.807, 2.05) is 0 Å². The number of carbonyl (C=O) groups is 2. The maximum Gasteiger partial charge on any atom is 0.272 e. The second kappa shape index (κ2) is 5.84. The van der Waals surface area contributed by atoms with Gasteiger partial charge in [-0.1, -0.05) is 0 Å². The first-order valence-electron chi connectivity index (χ1n) is 7.91. The number of amides is 2. The predicted octanol–water partition coefficient (Wildman–Crippen LogP) is 0.937. The minimum Gasteiger partial charge on any atom is -0.343 e. The molecule has 1 saturated carbocycles. The minimum absolute atomic E-state index is 0.108. The third kappa shape index (κ3) is 3.28. The van der Waals surface area contributed by atoms with Gasteiger partial charge in [0.15, 0.2) is 0 Å². The van der Waals surface area contributed by atoms with Crippen LogP contribution in [0.5, 0.6) is 0 Å². The van der Waals surface area contributed by atoms with Crippen LogP contribution >= 0.6 is 0 Å². The zero-order valence-corrected chi connectivity index (χ0v) is 14.6. The van der Waals surface area contributed by atoms with E-state index < -0.39 is 9.84 Å². The highest BCUT2D eigenvalue weighted by molar-refractivity contribution is 7.91. The molecule has 1 N–H and O–H groups in total. The summed E-state index contributed by atoms with van der Waals surface area (Å²) in [6.45, 7) is 0. The molecular formula is C16H21N3O4S. The lowest BCUT2D eigenvalue weighted by Crippen LogP contribution is -2.28. The second-order valence-electron chi connectivity index (χ2n) is 6.89. The second-order valence-corrected chi connectivity index (χ2v) is 9.19. The van der Waals surface area contributed by atoms with E-state index in [2.05, 4.69) is 10.3 Å². The first-order chi connectivity index (χ1) is 11.2. The zero-order valence-electron chi connectivity index (χ0n) is 13.8. The largest absolute Gasteiger partial charge is 0.343 e. The quantitative estimate of drug-likeness (QED) is 0.874. The van der Waals surface area contributed by atoms with Crippen molar-refractivity contribution in [1.82, 2.24) is 9.88 Å². The minimum atomic E-state index is -2.93. The van der Waals surface area contributed by atoms with Crippen LogP contribution in [0.15, 0.2) is 18.3 Å². The Labute approximate surface area is 141 Å². The van der Waals surface area contributed by atoms with Crippen LogP contribution in [0.25, 0.3) is 0 Å². The Kier molecular flexibility index (Phi) is 4.11. The van der Waals surface area contributed by atoms with Gasteiger partial charge in [-0.3, -0.25) is 14.6 Å². The Morgan fingerprint density at radius 1 is 1.29 bits per heavy atom. The van der Waals surface area contributed by atoms with Crippen LogP contribution in [0.4, 0.5) is 5.69 Å². The standard InChI is InChI=1S/C16H21N3O4S/c1-19(2)15(21)13-9-11(3-6-17-13)18-14(20)12-10-16(12)4-7-24(22,23)8-5-16/h3,6,9,12H,4-5,7-8,10H2,1-2H3,(H,17,18,20). The van der Waals surface area contributed by atoms with Crippen molar-refractivity contribution >= 4 is 27.3 Å². The van der Waals surface area contributed by atoms with Crippen molar-refractivity contribution in [3.63, 3.8) is 0 Å². The fourth-order valence-electron chi connectivity index (χ4n) is 3.30. The lowest BCUT2D eigenvalue weighted by molar-refractivity contribution is -0.118. The Balaban J connectivity index is 1.65. The van der Waals surface area contributed by atoms with Gasteiger partial charge < -0.3 is 10.2 Å². The topological polar surface area (TPSA) is 96.4 Å². The molecule has 1 spiro atoms. The molecule has 130 valence electrons. The summed E-state index contributed by atoms with van der Waals surface area (Å²) in [5.74, 6) is -0.134. The van der Waals surface area contributed by atoms with Gasteiger partial charge in [-0.2, -0.15) is 0 Å². The van der Waals surface area contributed by atoms with Crippen molar-refractivity contribution in [2.45, 2.75) is 19.3 Å². The maximum atomic E-state index is 12.4. The molecule has 1 aromatic rings. The Morgan fingerprint density at radius 3 is 2.58 bits per heavy atom. The fraction of sp³-hybridized carbons (Fsp3) is 0.562. The fourth-order valence-corrected chi connectivity index (χ4v) is 4.94. The molecular weight excluding hydrogens is 330 g/mol. The number of nitrogens with zero attached hydrogens (tertiary/aromatic N) is 2.